The lowest BCUT2D eigenvalue weighted by Crippen LogP contribution is -2.42. The van der Waals surface area contributed by atoms with E-state index in [0.29, 0.717) is 24.0 Å². The number of hydrogen-bond acceptors (Lipinski definition) is 5. The molecule has 0 bridgehead atoms. The van der Waals surface area contributed by atoms with Gasteiger partial charge in [-0.2, -0.15) is 0 Å². The Bertz CT molecular complexity index is 1310. The van der Waals surface area contributed by atoms with Crippen molar-refractivity contribution in [3.63, 3.8) is 0 Å². The zero-order valence-corrected chi connectivity index (χ0v) is 20.9. The summed E-state index contributed by atoms with van der Waals surface area (Å²) in [6, 6.07) is 21.5. The first kappa shape index (κ1) is 24.0. The smallest absolute Gasteiger partial charge is 0.264 e. The highest BCUT2D eigenvalue weighted by molar-refractivity contribution is 7.12. The molecular formula is C28H28N4O3S. The van der Waals surface area contributed by atoms with Gasteiger partial charge in [0.2, 0.25) is 11.9 Å². The van der Waals surface area contributed by atoms with Gasteiger partial charge < -0.3 is 9.64 Å². The van der Waals surface area contributed by atoms with E-state index in [1.807, 2.05) is 83.7 Å². The molecule has 0 spiro atoms. The highest BCUT2D eigenvalue weighted by atomic mass is 32.1. The molecule has 0 saturated carbocycles. The van der Waals surface area contributed by atoms with Crippen molar-refractivity contribution in [2.24, 2.45) is 0 Å². The standard InChI is InChI=1S/C28H28N4O3S/c1-20-11-13-22(14-12-20)32-18-24(21-7-3-2-4-8-21)29-28(32)30-26(33)19-31(17-23-9-5-15-35-23)27(34)25-10-6-16-36-25/h2-4,6-8,10-14,16,18,23H,5,9,15,17,19H2,1H3,(H,29,30,33)/t23-/m1/s1. The summed E-state index contributed by atoms with van der Waals surface area (Å²) in [5, 5.41) is 4.81. The number of benzene rings is 2. The Morgan fingerprint density at radius 3 is 2.61 bits per heavy atom. The molecule has 5 rings (SSSR count). The Balaban J connectivity index is 1.40. The summed E-state index contributed by atoms with van der Waals surface area (Å²) < 4.78 is 7.62. The highest BCUT2D eigenvalue weighted by Gasteiger charge is 2.26. The van der Waals surface area contributed by atoms with Gasteiger partial charge in [-0.15, -0.1) is 11.3 Å². The molecule has 7 nitrogen and oxygen atoms in total. The molecular weight excluding hydrogens is 472 g/mol. The SMILES string of the molecule is Cc1ccc(-n2cc(-c3ccccc3)nc2NC(=O)CN(C[C@H]2CCCO2)C(=O)c2cccs2)cc1. The Labute approximate surface area is 214 Å². The second-order valence-corrected chi connectivity index (χ2v) is 9.82. The number of carbonyl (C=O) groups is 2. The van der Waals surface area contributed by atoms with Gasteiger partial charge in [-0.1, -0.05) is 54.1 Å². The third-order valence-electron chi connectivity index (χ3n) is 6.14. The number of nitrogens with zero attached hydrogens (tertiary/aromatic N) is 3. The minimum Gasteiger partial charge on any atom is -0.376 e. The summed E-state index contributed by atoms with van der Waals surface area (Å²) >= 11 is 1.37. The molecule has 2 aromatic carbocycles. The van der Waals surface area contributed by atoms with E-state index in [-0.39, 0.29) is 24.5 Å². The molecule has 0 aliphatic carbocycles. The van der Waals surface area contributed by atoms with Crippen LogP contribution in [0, 0.1) is 6.92 Å². The molecule has 36 heavy (non-hydrogen) atoms. The molecule has 1 aliphatic heterocycles. The van der Waals surface area contributed by atoms with Crippen molar-refractivity contribution in [2.45, 2.75) is 25.9 Å². The van der Waals surface area contributed by atoms with Gasteiger partial charge in [-0.25, -0.2) is 4.98 Å². The summed E-state index contributed by atoms with van der Waals surface area (Å²) in [4.78, 5) is 33.3. The van der Waals surface area contributed by atoms with Gasteiger partial charge in [0.1, 0.15) is 6.54 Å². The van der Waals surface area contributed by atoms with Crippen LogP contribution in [0.1, 0.15) is 28.1 Å². The van der Waals surface area contributed by atoms with E-state index in [0.717, 1.165) is 35.3 Å². The number of rotatable bonds is 8. The molecule has 1 aliphatic rings. The van der Waals surface area contributed by atoms with Crippen LogP contribution in [-0.2, 0) is 9.53 Å². The van der Waals surface area contributed by atoms with E-state index >= 15 is 0 Å². The first-order chi connectivity index (χ1) is 17.6. The first-order valence-electron chi connectivity index (χ1n) is 12.0. The van der Waals surface area contributed by atoms with Crippen LogP contribution >= 0.6 is 11.3 Å². The number of hydrogen-bond donors (Lipinski definition) is 1. The van der Waals surface area contributed by atoms with Crippen molar-refractivity contribution >= 4 is 29.1 Å². The lowest BCUT2D eigenvalue weighted by atomic mass is 10.2. The summed E-state index contributed by atoms with van der Waals surface area (Å²) in [5.74, 6) is -0.0673. The second kappa shape index (κ2) is 10.9. The maximum absolute atomic E-state index is 13.3. The predicted molar refractivity (Wildman–Crippen MR) is 142 cm³/mol. The van der Waals surface area contributed by atoms with E-state index in [1.165, 1.54) is 11.3 Å². The van der Waals surface area contributed by atoms with Gasteiger partial charge in [0.25, 0.3) is 5.91 Å². The van der Waals surface area contributed by atoms with Crippen molar-refractivity contribution in [3.05, 3.63) is 88.7 Å². The van der Waals surface area contributed by atoms with Gasteiger partial charge in [0.15, 0.2) is 0 Å². The van der Waals surface area contributed by atoms with E-state index in [2.05, 4.69) is 5.32 Å². The van der Waals surface area contributed by atoms with Gasteiger partial charge >= 0.3 is 0 Å². The quantitative estimate of drug-likeness (QED) is 0.362. The Morgan fingerprint density at radius 2 is 1.92 bits per heavy atom. The number of carbonyl (C=O) groups excluding carboxylic acids is 2. The van der Waals surface area contributed by atoms with Crippen LogP contribution in [0.15, 0.2) is 78.3 Å². The number of ether oxygens (including phenoxy) is 1. The molecule has 184 valence electrons. The zero-order valence-electron chi connectivity index (χ0n) is 20.1. The van der Waals surface area contributed by atoms with Gasteiger partial charge in [0, 0.05) is 30.6 Å². The number of amides is 2. The number of thiophene rings is 1. The van der Waals surface area contributed by atoms with Gasteiger partial charge in [0.05, 0.1) is 16.7 Å². The summed E-state index contributed by atoms with van der Waals surface area (Å²) in [6.07, 6.45) is 3.71. The van der Waals surface area contributed by atoms with E-state index in [1.54, 1.807) is 11.0 Å². The summed E-state index contributed by atoms with van der Waals surface area (Å²) in [7, 11) is 0. The van der Waals surface area contributed by atoms with Crippen LogP contribution in [0.3, 0.4) is 0 Å². The Morgan fingerprint density at radius 1 is 1.11 bits per heavy atom. The first-order valence-corrected chi connectivity index (χ1v) is 12.9. The topological polar surface area (TPSA) is 76.5 Å². The third-order valence-corrected chi connectivity index (χ3v) is 7.00. The number of anilines is 1. The maximum atomic E-state index is 13.3. The largest absolute Gasteiger partial charge is 0.376 e. The minimum atomic E-state index is -0.309. The van der Waals surface area contributed by atoms with E-state index in [9.17, 15) is 9.59 Å². The molecule has 1 fully saturated rings. The van der Waals surface area contributed by atoms with Crippen LogP contribution in [0.2, 0.25) is 0 Å². The average Bonchev–Trinajstić information content (AvgIpc) is 3.67. The number of aryl methyl sites for hydroxylation is 1. The summed E-state index contributed by atoms with van der Waals surface area (Å²) in [6.45, 7) is 3.01. The van der Waals surface area contributed by atoms with Crippen LogP contribution in [0.4, 0.5) is 5.95 Å². The van der Waals surface area contributed by atoms with Gasteiger partial charge in [-0.05, 0) is 43.3 Å². The monoisotopic (exact) mass is 500 g/mol. The predicted octanol–water partition coefficient (Wildman–Crippen LogP) is 5.17. The van der Waals surface area contributed by atoms with Crippen LogP contribution in [-0.4, -0.2) is 52.1 Å². The van der Waals surface area contributed by atoms with Crippen LogP contribution in [0.5, 0.6) is 0 Å². The normalized spacial score (nSPS) is 15.1. The van der Waals surface area contributed by atoms with Crippen molar-refractivity contribution in [2.75, 3.05) is 25.0 Å². The number of aromatic nitrogens is 2. The lowest BCUT2D eigenvalue weighted by Gasteiger charge is -2.24. The molecule has 2 amide bonds. The highest BCUT2D eigenvalue weighted by Crippen LogP contribution is 2.25. The fourth-order valence-corrected chi connectivity index (χ4v) is 4.96. The molecule has 1 atom stereocenters. The summed E-state index contributed by atoms with van der Waals surface area (Å²) in [5.41, 5.74) is 3.73. The van der Waals surface area contributed by atoms with Crippen LogP contribution < -0.4 is 5.32 Å². The second-order valence-electron chi connectivity index (χ2n) is 8.87. The molecule has 4 aromatic rings. The minimum absolute atomic E-state index is 0.0547. The van der Waals surface area contributed by atoms with E-state index < -0.39 is 0 Å². The molecule has 1 saturated heterocycles. The average molecular weight is 501 g/mol. The van der Waals surface area contributed by atoms with Crippen molar-refractivity contribution in [1.82, 2.24) is 14.5 Å². The van der Waals surface area contributed by atoms with Crippen molar-refractivity contribution in [1.29, 1.82) is 0 Å². The van der Waals surface area contributed by atoms with Gasteiger partial charge in [-0.3, -0.25) is 19.5 Å². The fraction of sp³-hybridized carbons (Fsp3) is 0.250. The van der Waals surface area contributed by atoms with E-state index in [4.69, 9.17) is 9.72 Å². The zero-order chi connectivity index (χ0) is 24.9. The molecule has 0 radical (unpaired) electrons. The maximum Gasteiger partial charge on any atom is 0.264 e. The molecule has 1 N–H and O–H groups in total. The Kier molecular flexibility index (Phi) is 7.25. The van der Waals surface area contributed by atoms with Crippen molar-refractivity contribution < 1.29 is 14.3 Å². The van der Waals surface area contributed by atoms with Crippen LogP contribution in [0.25, 0.3) is 16.9 Å². The lowest BCUT2D eigenvalue weighted by molar-refractivity contribution is -0.117. The molecule has 8 heteroatoms. The number of imidazole rings is 1. The molecule has 2 aromatic heterocycles. The fourth-order valence-electron chi connectivity index (χ4n) is 4.27. The molecule has 0 unspecified atom stereocenters. The molecule has 3 heterocycles. The third kappa shape index (κ3) is 5.56. The Hall–Kier alpha value is -3.75. The number of nitrogens with one attached hydrogen (secondary N) is 1. The van der Waals surface area contributed by atoms with Crippen molar-refractivity contribution in [3.8, 4) is 16.9 Å².